The first kappa shape index (κ1) is 26.3. The molecule has 1 aromatic carbocycles. The van der Waals surface area contributed by atoms with Crippen molar-refractivity contribution >= 4 is 17.7 Å². The van der Waals surface area contributed by atoms with Crippen LogP contribution in [0.3, 0.4) is 0 Å². The molecule has 2 saturated heterocycles. The van der Waals surface area contributed by atoms with Crippen molar-refractivity contribution in [2.45, 2.75) is 64.2 Å². The molecule has 8 heteroatoms. The smallest absolute Gasteiger partial charge is 0.243 e. The van der Waals surface area contributed by atoms with Gasteiger partial charge in [-0.25, -0.2) is 0 Å². The Bertz CT molecular complexity index is 1190. The van der Waals surface area contributed by atoms with Gasteiger partial charge in [0.2, 0.25) is 17.7 Å². The van der Waals surface area contributed by atoms with Crippen LogP contribution in [-0.2, 0) is 20.9 Å². The number of rotatable bonds is 6. The fraction of sp³-hybridized carbons (Fsp3) is 0.517. The van der Waals surface area contributed by atoms with E-state index < -0.39 is 12.1 Å². The first-order valence-corrected chi connectivity index (χ1v) is 13.0. The van der Waals surface area contributed by atoms with E-state index in [1.165, 1.54) is 12.8 Å². The Labute approximate surface area is 218 Å². The summed E-state index contributed by atoms with van der Waals surface area (Å²) in [6.45, 7) is 4.70. The average molecular weight is 500 g/mol. The zero-order chi connectivity index (χ0) is 26.4. The van der Waals surface area contributed by atoms with Crippen molar-refractivity contribution in [2.75, 3.05) is 13.1 Å². The van der Waals surface area contributed by atoms with Crippen molar-refractivity contribution < 1.29 is 14.4 Å². The van der Waals surface area contributed by atoms with Crippen LogP contribution in [0.5, 0.6) is 0 Å². The van der Waals surface area contributed by atoms with Crippen molar-refractivity contribution in [3.05, 3.63) is 35.4 Å². The molecule has 8 nitrogen and oxygen atoms in total. The maximum atomic E-state index is 13.1. The number of likely N-dealkylation sites (tertiary alicyclic amines) is 1. The number of carbonyl (C=O) groups is 3. The summed E-state index contributed by atoms with van der Waals surface area (Å²) in [7, 11) is 0. The van der Waals surface area contributed by atoms with Crippen molar-refractivity contribution in [1.29, 1.82) is 5.26 Å². The first-order valence-electron chi connectivity index (χ1n) is 13.0. The quantitative estimate of drug-likeness (QED) is 0.511. The standard InChI is InChI=1S/C29H33N5O3/c1-19(2)29(37)34-18-24(33-27(35)25-13-23(15-30)17-31-25)14-26(34)28(36)32-16-22-11-9-21(10-12-22)6-4-3-5-20-7-8-20/h9-12,19-20,23-26,31H,7-8,13-14,16-18H2,1-2H3,(H,32,36)(H,33,35)/t23-,24-,25+,26-/m1/s1. The van der Waals surface area contributed by atoms with E-state index in [9.17, 15) is 14.4 Å². The summed E-state index contributed by atoms with van der Waals surface area (Å²) < 4.78 is 0. The maximum absolute atomic E-state index is 13.1. The first-order chi connectivity index (χ1) is 17.8. The molecule has 3 aliphatic rings. The van der Waals surface area contributed by atoms with E-state index in [2.05, 4.69) is 45.7 Å². The molecule has 3 N–H and O–H groups in total. The lowest BCUT2D eigenvalue weighted by Crippen LogP contribution is -2.47. The Balaban J connectivity index is 1.32. The number of hydrogen-bond acceptors (Lipinski definition) is 5. The van der Waals surface area contributed by atoms with E-state index in [0.29, 0.717) is 31.8 Å². The zero-order valence-corrected chi connectivity index (χ0v) is 21.3. The maximum Gasteiger partial charge on any atom is 0.243 e. The molecule has 0 aromatic heterocycles. The van der Waals surface area contributed by atoms with Crippen LogP contribution >= 0.6 is 0 Å². The molecule has 1 aliphatic carbocycles. The highest BCUT2D eigenvalue weighted by Gasteiger charge is 2.41. The Morgan fingerprint density at radius 2 is 1.84 bits per heavy atom. The van der Waals surface area contributed by atoms with E-state index in [-0.39, 0.29) is 42.1 Å². The molecule has 0 bridgehead atoms. The molecular formula is C29H33N5O3. The Hall–Kier alpha value is -3.80. The van der Waals surface area contributed by atoms with Gasteiger partial charge in [-0.3, -0.25) is 14.4 Å². The third-order valence-corrected chi connectivity index (χ3v) is 6.90. The molecule has 3 amide bonds. The van der Waals surface area contributed by atoms with Crippen LogP contribution in [0.4, 0.5) is 0 Å². The Morgan fingerprint density at radius 1 is 1.08 bits per heavy atom. The van der Waals surface area contributed by atoms with Crippen molar-refractivity contribution in [2.24, 2.45) is 17.8 Å². The van der Waals surface area contributed by atoms with Crippen LogP contribution in [0.25, 0.3) is 0 Å². The minimum Gasteiger partial charge on any atom is -0.350 e. The SMILES string of the molecule is CC(C)C(=O)N1C[C@H](NC(=O)[C@@H]2C[C@H](C#N)CN2)C[C@@H]1C(=O)NCc1ccc(C#CC#CC2CC2)cc1. The average Bonchev–Trinajstić information content (AvgIpc) is 3.42. The van der Waals surface area contributed by atoms with E-state index >= 15 is 0 Å². The number of nitriles is 1. The second-order valence-electron chi connectivity index (χ2n) is 10.3. The van der Waals surface area contributed by atoms with Gasteiger partial charge in [-0.15, -0.1) is 0 Å². The summed E-state index contributed by atoms with van der Waals surface area (Å²) in [5, 5.41) is 18.1. The molecule has 1 saturated carbocycles. The Morgan fingerprint density at radius 3 is 2.49 bits per heavy atom. The minimum atomic E-state index is -0.654. The summed E-state index contributed by atoms with van der Waals surface area (Å²) in [6.07, 6.45) is 3.17. The second kappa shape index (κ2) is 12.0. The summed E-state index contributed by atoms with van der Waals surface area (Å²) >= 11 is 0. The highest BCUT2D eigenvalue weighted by Crippen LogP contribution is 2.27. The van der Waals surface area contributed by atoms with Crippen LogP contribution in [0.2, 0.25) is 0 Å². The van der Waals surface area contributed by atoms with Gasteiger partial charge in [0.15, 0.2) is 0 Å². The van der Waals surface area contributed by atoms with Gasteiger partial charge in [0.05, 0.1) is 18.0 Å². The van der Waals surface area contributed by atoms with Crippen LogP contribution in [-0.4, -0.2) is 53.8 Å². The molecule has 4 atom stereocenters. The molecule has 0 spiro atoms. The second-order valence-corrected chi connectivity index (χ2v) is 10.3. The predicted molar refractivity (Wildman–Crippen MR) is 138 cm³/mol. The van der Waals surface area contributed by atoms with E-state index in [0.717, 1.165) is 11.1 Å². The summed E-state index contributed by atoms with van der Waals surface area (Å²) in [5.41, 5.74) is 1.79. The molecule has 0 unspecified atom stereocenters. The van der Waals surface area contributed by atoms with Gasteiger partial charge < -0.3 is 20.9 Å². The number of nitrogens with zero attached hydrogens (tertiary/aromatic N) is 2. The lowest BCUT2D eigenvalue weighted by atomic mass is 10.1. The van der Waals surface area contributed by atoms with Crippen molar-refractivity contribution in [1.82, 2.24) is 20.9 Å². The highest BCUT2D eigenvalue weighted by atomic mass is 16.2. The van der Waals surface area contributed by atoms with Crippen LogP contribution in [0, 0.1) is 52.8 Å². The Kier molecular flexibility index (Phi) is 8.49. The van der Waals surface area contributed by atoms with Crippen molar-refractivity contribution in [3.8, 4) is 29.8 Å². The molecule has 2 heterocycles. The topological polar surface area (TPSA) is 114 Å². The number of amides is 3. The summed E-state index contributed by atoms with van der Waals surface area (Å²) in [4.78, 5) is 40.3. The van der Waals surface area contributed by atoms with Gasteiger partial charge >= 0.3 is 0 Å². The highest BCUT2D eigenvalue weighted by molar-refractivity contribution is 5.89. The van der Waals surface area contributed by atoms with Gasteiger partial charge in [0, 0.05) is 43.1 Å². The van der Waals surface area contributed by atoms with Gasteiger partial charge in [-0.1, -0.05) is 37.8 Å². The van der Waals surface area contributed by atoms with E-state index in [1.807, 2.05) is 24.3 Å². The molecule has 3 fully saturated rings. The van der Waals surface area contributed by atoms with Crippen LogP contribution < -0.4 is 16.0 Å². The van der Waals surface area contributed by atoms with Crippen LogP contribution in [0.15, 0.2) is 24.3 Å². The molecule has 4 rings (SSSR count). The number of hydrogen-bond donors (Lipinski definition) is 3. The lowest BCUT2D eigenvalue weighted by Gasteiger charge is -2.25. The van der Waals surface area contributed by atoms with Gasteiger partial charge in [-0.2, -0.15) is 5.26 Å². The van der Waals surface area contributed by atoms with Crippen molar-refractivity contribution in [3.63, 3.8) is 0 Å². The number of carbonyl (C=O) groups excluding carboxylic acids is 3. The fourth-order valence-electron chi connectivity index (χ4n) is 4.58. The minimum absolute atomic E-state index is 0.117. The van der Waals surface area contributed by atoms with Crippen LogP contribution in [0.1, 0.15) is 50.7 Å². The molecule has 1 aromatic rings. The third-order valence-electron chi connectivity index (χ3n) is 6.90. The lowest BCUT2D eigenvalue weighted by molar-refractivity contribution is -0.140. The van der Waals surface area contributed by atoms with Gasteiger partial charge in [0.1, 0.15) is 6.04 Å². The number of benzene rings is 1. The monoisotopic (exact) mass is 499 g/mol. The molecule has 192 valence electrons. The normalized spacial score (nSPS) is 24.3. The predicted octanol–water partition coefficient (Wildman–Crippen LogP) is 1.31. The number of nitrogens with one attached hydrogen (secondary N) is 3. The van der Waals surface area contributed by atoms with Gasteiger partial charge in [-0.05, 0) is 55.2 Å². The van der Waals surface area contributed by atoms with E-state index in [1.54, 1.807) is 18.7 Å². The molecule has 0 radical (unpaired) electrons. The molecule has 2 aliphatic heterocycles. The fourth-order valence-corrected chi connectivity index (χ4v) is 4.58. The third kappa shape index (κ3) is 7.13. The molecular weight excluding hydrogens is 466 g/mol. The van der Waals surface area contributed by atoms with E-state index in [4.69, 9.17) is 5.26 Å². The molecule has 37 heavy (non-hydrogen) atoms. The van der Waals surface area contributed by atoms with Gasteiger partial charge in [0.25, 0.3) is 0 Å². The summed E-state index contributed by atoms with van der Waals surface area (Å²) in [5.74, 6) is 11.4. The summed E-state index contributed by atoms with van der Waals surface area (Å²) in [6, 6.07) is 8.41. The zero-order valence-electron chi connectivity index (χ0n) is 21.3. The largest absolute Gasteiger partial charge is 0.350 e.